The second kappa shape index (κ2) is 6.38. The molecule has 0 aromatic heterocycles. The van der Waals surface area contributed by atoms with Crippen molar-refractivity contribution in [2.45, 2.75) is 12.1 Å². The van der Waals surface area contributed by atoms with Crippen LogP contribution in [0, 0.1) is 0 Å². The van der Waals surface area contributed by atoms with Gasteiger partial charge in [0.1, 0.15) is 0 Å². The quantitative estimate of drug-likeness (QED) is 0.733. The number of hydrogen-bond donors (Lipinski definition) is 0. The predicted molar refractivity (Wildman–Crippen MR) is 74.5 cm³/mol. The van der Waals surface area contributed by atoms with Crippen molar-refractivity contribution in [1.29, 1.82) is 0 Å². The fourth-order valence-corrected chi connectivity index (χ4v) is 4.07. The van der Waals surface area contributed by atoms with Crippen LogP contribution in [-0.4, -0.2) is 16.2 Å². The molecule has 2 aromatic carbocycles. The van der Waals surface area contributed by atoms with Crippen LogP contribution >= 0.6 is 0 Å². The Morgan fingerprint density at radius 2 is 1.18 bits per heavy atom. The molecule has 2 rings (SSSR count). The fraction of sp³-hybridized carbons (Fsp3) is 0.200. The van der Waals surface area contributed by atoms with Crippen LogP contribution in [0.25, 0.3) is 0 Å². The summed E-state index contributed by atoms with van der Waals surface area (Å²) in [6.45, 7) is 0. The zero-order chi connectivity index (χ0) is 11.9. The van der Waals surface area contributed by atoms with Gasteiger partial charge in [0.2, 0.25) is 0 Å². The van der Waals surface area contributed by atoms with Gasteiger partial charge in [-0.25, -0.2) is 0 Å². The van der Waals surface area contributed by atoms with Crippen LogP contribution < -0.4 is 0 Å². The molecule has 17 heavy (non-hydrogen) atoms. The maximum Gasteiger partial charge on any atom is 0.185 e. The van der Waals surface area contributed by atoms with Gasteiger partial charge >= 0.3 is 0 Å². The highest BCUT2D eigenvalue weighted by molar-refractivity contribution is 6.50. The number of rotatable bonds is 5. The van der Waals surface area contributed by atoms with Crippen LogP contribution in [0.3, 0.4) is 0 Å². The van der Waals surface area contributed by atoms with E-state index in [9.17, 15) is 0 Å². The van der Waals surface area contributed by atoms with Gasteiger partial charge in [0.15, 0.2) is 9.04 Å². The summed E-state index contributed by atoms with van der Waals surface area (Å²) in [6.07, 6.45) is 0. The molecule has 0 aliphatic rings. The van der Waals surface area contributed by atoms with E-state index in [1.807, 2.05) is 7.11 Å². The molecule has 0 bridgehead atoms. The lowest BCUT2D eigenvalue weighted by Gasteiger charge is -2.13. The Kier molecular flexibility index (Phi) is 4.53. The van der Waals surface area contributed by atoms with Crippen LogP contribution in [-0.2, 0) is 16.5 Å². The van der Waals surface area contributed by atoms with E-state index in [0.29, 0.717) is 0 Å². The van der Waals surface area contributed by atoms with Crippen molar-refractivity contribution in [1.82, 2.24) is 0 Å². The third kappa shape index (κ3) is 3.84. The summed E-state index contributed by atoms with van der Waals surface area (Å²) in [5.74, 6) is 0. The van der Waals surface area contributed by atoms with Crippen LogP contribution in [0.1, 0.15) is 11.1 Å². The van der Waals surface area contributed by atoms with E-state index in [1.54, 1.807) is 0 Å². The van der Waals surface area contributed by atoms with Crippen molar-refractivity contribution >= 4 is 9.04 Å². The molecular weight excluding hydrogens is 224 g/mol. The van der Waals surface area contributed by atoms with E-state index in [-0.39, 0.29) is 0 Å². The highest BCUT2D eigenvalue weighted by atomic mass is 28.3. The minimum atomic E-state index is -1.17. The molecule has 0 saturated heterocycles. The van der Waals surface area contributed by atoms with Crippen molar-refractivity contribution < 1.29 is 4.43 Å². The molecule has 0 N–H and O–H groups in total. The molecule has 0 aliphatic heterocycles. The van der Waals surface area contributed by atoms with E-state index in [4.69, 9.17) is 4.43 Å². The molecule has 0 spiro atoms. The van der Waals surface area contributed by atoms with Crippen molar-refractivity contribution in [2.75, 3.05) is 7.11 Å². The van der Waals surface area contributed by atoms with Gasteiger partial charge < -0.3 is 4.43 Å². The van der Waals surface area contributed by atoms with Gasteiger partial charge in [-0.05, 0) is 23.2 Å². The van der Waals surface area contributed by atoms with E-state index >= 15 is 0 Å². The van der Waals surface area contributed by atoms with Gasteiger partial charge in [-0.3, -0.25) is 0 Å². The van der Waals surface area contributed by atoms with E-state index in [0.717, 1.165) is 12.1 Å². The van der Waals surface area contributed by atoms with Crippen LogP contribution in [0.2, 0.25) is 0 Å². The van der Waals surface area contributed by atoms with Gasteiger partial charge in [-0.2, -0.15) is 0 Å². The van der Waals surface area contributed by atoms with Crippen molar-refractivity contribution in [2.24, 2.45) is 0 Å². The summed E-state index contributed by atoms with van der Waals surface area (Å²) in [4.78, 5) is 0. The van der Waals surface area contributed by atoms with Crippen LogP contribution in [0.5, 0.6) is 0 Å². The Bertz CT molecular complexity index is 386. The molecule has 0 aliphatic carbocycles. The predicted octanol–water partition coefficient (Wildman–Crippen LogP) is 2.92. The van der Waals surface area contributed by atoms with Crippen LogP contribution in [0.4, 0.5) is 0 Å². The summed E-state index contributed by atoms with van der Waals surface area (Å²) in [5.41, 5.74) is 2.78. The molecule has 0 radical (unpaired) electrons. The SMILES string of the molecule is CO[SiH](Cc1ccccc1)Cc1ccccc1. The summed E-state index contributed by atoms with van der Waals surface area (Å²) in [7, 11) is 0.684. The van der Waals surface area contributed by atoms with Crippen molar-refractivity contribution in [3.63, 3.8) is 0 Å². The Morgan fingerprint density at radius 1 is 0.765 bits per heavy atom. The lowest BCUT2D eigenvalue weighted by Crippen LogP contribution is -2.23. The first-order valence-corrected chi connectivity index (χ1v) is 8.09. The van der Waals surface area contributed by atoms with E-state index < -0.39 is 9.04 Å². The molecular formula is C15H18OSi. The van der Waals surface area contributed by atoms with Gasteiger partial charge in [0.05, 0.1) is 0 Å². The average molecular weight is 242 g/mol. The molecule has 0 saturated carbocycles. The Morgan fingerprint density at radius 3 is 1.53 bits per heavy atom. The maximum absolute atomic E-state index is 5.70. The molecule has 2 heteroatoms. The number of benzene rings is 2. The molecule has 0 unspecified atom stereocenters. The molecule has 0 atom stereocenters. The zero-order valence-electron chi connectivity index (χ0n) is 10.2. The first kappa shape index (κ1) is 12.1. The minimum Gasteiger partial charge on any atom is -0.422 e. The Hall–Kier alpha value is -1.38. The van der Waals surface area contributed by atoms with Gasteiger partial charge in [-0.15, -0.1) is 0 Å². The summed E-state index contributed by atoms with van der Waals surface area (Å²) in [6, 6.07) is 23.4. The van der Waals surface area contributed by atoms with Crippen molar-refractivity contribution in [3.05, 3.63) is 71.8 Å². The van der Waals surface area contributed by atoms with Gasteiger partial charge in [-0.1, -0.05) is 60.7 Å². The van der Waals surface area contributed by atoms with Gasteiger partial charge in [0.25, 0.3) is 0 Å². The molecule has 0 heterocycles. The second-order valence-electron chi connectivity index (χ2n) is 4.24. The third-order valence-electron chi connectivity index (χ3n) is 2.95. The van der Waals surface area contributed by atoms with E-state index in [2.05, 4.69) is 60.7 Å². The fourth-order valence-electron chi connectivity index (χ4n) is 1.99. The average Bonchev–Trinajstić information content (AvgIpc) is 2.40. The Labute approximate surface area is 105 Å². The van der Waals surface area contributed by atoms with Crippen molar-refractivity contribution in [3.8, 4) is 0 Å². The Balaban J connectivity index is 1.98. The molecule has 2 aromatic rings. The molecule has 1 nitrogen and oxygen atoms in total. The van der Waals surface area contributed by atoms with E-state index in [1.165, 1.54) is 11.1 Å². The third-order valence-corrected chi connectivity index (χ3v) is 5.47. The molecule has 88 valence electrons. The summed E-state index contributed by atoms with van der Waals surface area (Å²) in [5, 5.41) is 0. The first-order chi connectivity index (χ1) is 8.38. The zero-order valence-corrected chi connectivity index (χ0v) is 11.3. The molecule has 0 fully saturated rings. The minimum absolute atomic E-state index is 1.10. The standard InChI is InChI=1S/C15H18OSi/c1-16-17(12-14-8-4-2-5-9-14)13-15-10-6-3-7-11-15/h2-11,17H,12-13H2,1H3. The maximum atomic E-state index is 5.70. The topological polar surface area (TPSA) is 9.23 Å². The lowest BCUT2D eigenvalue weighted by molar-refractivity contribution is 0.417. The normalized spacial score (nSPS) is 10.7. The summed E-state index contributed by atoms with van der Waals surface area (Å²) < 4.78 is 5.70. The monoisotopic (exact) mass is 242 g/mol. The van der Waals surface area contributed by atoms with Crippen LogP contribution in [0.15, 0.2) is 60.7 Å². The van der Waals surface area contributed by atoms with Gasteiger partial charge in [0, 0.05) is 7.11 Å². The molecule has 0 amide bonds. The summed E-state index contributed by atoms with van der Waals surface area (Å²) >= 11 is 0. The lowest BCUT2D eigenvalue weighted by atomic mass is 10.2. The highest BCUT2D eigenvalue weighted by Gasteiger charge is 2.11. The highest BCUT2D eigenvalue weighted by Crippen LogP contribution is 2.08. The largest absolute Gasteiger partial charge is 0.422 e. The first-order valence-electron chi connectivity index (χ1n) is 5.99. The smallest absolute Gasteiger partial charge is 0.185 e. The number of hydrogen-bond acceptors (Lipinski definition) is 1. The second-order valence-corrected chi connectivity index (χ2v) is 6.77.